The lowest BCUT2D eigenvalue weighted by Gasteiger charge is -2.25. The fourth-order valence-corrected chi connectivity index (χ4v) is 3.59. The lowest BCUT2D eigenvalue weighted by molar-refractivity contribution is 0.194. The van der Waals surface area contributed by atoms with Crippen LogP contribution in [0.4, 0.5) is 5.82 Å². The van der Waals surface area contributed by atoms with Crippen molar-refractivity contribution in [3.63, 3.8) is 0 Å². The first-order valence-electron chi connectivity index (χ1n) is 10.5. The maximum atomic E-state index is 10.3. The summed E-state index contributed by atoms with van der Waals surface area (Å²) in [6.45, 7) is 12.0. The molecule has 0 aliphatic carbocycles. The van der Waals surface area contributed by atoms with E-state index in [2.05, 4.69) is 32.6 Å². The van der Waals surface area contributed by atoms with E-state index in [1.54, 1.807) is 21.1 Å². The SMILES string of the molecule is CCCN(CC)c1nc(OC)c(-c2cc(C(C)O)c(OC)cc2CC)nc1CC. The van der Waals surface area contributed by atoms with Crippen LogP contribution in [0, 0.1) is 0 Å². The third-order valence-electron chi connectivity index (χ3n) is 5.16. The Kier molecular flexibility index (Phi) is 8.26. The average molecular weight is 402 g/mol. The molecule has 160 valence electrons. The number of rotatable bonds is 10. The van der Waals surface area contributed by atoms with Crippen LogP contribution in [0.3, 0.4) is 0 Å². The Morgan fingerprint density at radius 3 is 2.24 bits per heavy atom. The summed E-state index contributed by atoms with van der Waals surface area (Å²) in [6.07, 6.45) is 1.97. The van der Waals surface area contributed by atoms with Crippen LogP contribution >= 0.6 is 0 Å². The smallest absolute Gasteiger partial charge is 0.242 e. The first-order chi connectivity index (χ1) is 13.9. The molecule has 0 fully saturated rings. The van der Waals surface area contributed by atoms with Gasteiger partial charge in [-0.15, -0.1) is 0 Å². The molecule has 2 aromatic rings. The van der Waals surface area contributed by atoms with Crippen molar-refractivity contribution < 1.29 is 14.6 Å². The van der Waals surface area contributed by atoms with Gasteiger partial charge >= 0.3 is 0 Å². The predicted molar refractivity (Wildman–Crippen MR) is 118 cm³/mol. The number of aliphatic hydroxyl groups is 1. The summed E-state index contributed by atoms with van der Waals surface area (Å²) in [5, 5.41) is 10.3. The molecule has 6 heteroatoms. The van der Waals surface area contributed by atoms with Crippen molar-refractivity contribution in [2.24, 2.45) is 0 Å². The molecule has 1 aromatic carbocycles. The van der Waals surface area contributed by atoms with E-state index in [-0.39, 0.29) is 0 Å². The highest BCUT2D eigenvalue weighted by Crippen LogP contribution is 2.38. The van der Waals surface area contributed by atoms with E-state index in [0.29, 0.717) is 17.3 Å². The normalized spacial score (nSPS) is 12.0. The van der Waals surface area contributed by atoms with Gasteiger partial charge in [0.1, 0.15) is 11.4 Å². The Balaban J connectivity index is 2.75. The lowest BCUT2D eigenvalue weighted by Crippen LogP contribution is -2.26. The van der Waals surface area contributed by atoms with Gasteiger partial charge < -0.3 is 19.5 Å². The number of nitrogens with zero attached hydrogens (tertiary/aromatic N) is 3. The van der Waals surface area contributed by atoms with Crippen molar-refractivity contribution in [2.45, 2.75) is 60.0 Å². The number of aliphatic hydroxyl groups excluding tert-OH is 1. The fourth-order valence-electron chi connectivity index (χ4n) is 3.59. The highest BCUT2D eigenvalue weighted by atomic mass is 16.5. The Bertz CT molecular complexity index is 822. The van der Waals surface area contributed by atoms with Crippen LogP contribution in [0.5, 0.6) is 11.6 Å². The second kappa shape index (κ2) is 10.4. The minimum atomic E-state index is -0.654. The van der Waals surface area contributed by atoms with Crippen LogP contribution in [0.1, 0.15) is 64.0 Å². The zero-order valence-corrected chi connectivity index (χ0v) is 18.9. The molecule has 1 heterocycles. The third kappa shape index (κ3) is 4.81. The number of anilines is 1. The van der Waals surface area contributed by atoms with Crippen LogP contribution in [-0.4, -0.2) is 42.4 Å². The molecule has 1 N–H and O–H groups in total. The number of methoxy groups -OCH3 is 2. The maximum absolute atomic E-state index is 10.3. The molecule has 1 unspecified atom stereocenters. The van der Waals surface area contributed by atoms with Crippen LogP contribution in [0.25, 0.3) is 11.3 Å². The second-order valence-electron chi connectivity index (χ2n) is 7.07. The van der Waals surface area contributed by atoms with Gasteiger partial charge in [0.25, 0.3) is 0 Å². The van der Waals surface area contributed by atoms with Crippen LogP contribution in [0.2, 0.25) is 0 Å². The van der Waals surface area contributed by atoms with Crippen LogP contribution in [0.15, 0.2) is 12.1 Å². The summed E-state index contributed by atoms with van der Waals surface area (Å²) in [6, 6.07) is 3.94. The molecule has 0 saturated heterocycles. The van der Waals surface area contributed by atoms with Gasteiger partial charge in [0.2, 0.25) is 5.88 Å². The van der Waals surface area contributed by atoms with Crippen molar-refractivity contribution in [1.82, 2.24) is 9.97 Å². The van der Waals surface area contributed by atoms with Crippen molar-refractivity contribution in [1.29, 1.82) is 0 Å². The number of aryl methyl sites for hydroxylation is 2. The van der Waals surface area contributed by atoms with Gasteiger partial charge in [-0.1, -0.05) is 20.8 Å². The van der Waals surface area contributed by atoms with Gasteiger partial charge in [-0.25, -0.2) is 4.98 Å². The van der Waals surface area contributed by atoms with Crippen LogP contribution in [-0.2, 0) is 12.8 Å². The lowest BCUT2D eigenvalue weighted by atomic mass is 9.96. The summed E-state index contributed by atoms with van der Waals surface area (Å²) in [7, 11) is 3.25. The molecule has 0 amide bonds. The minimum absolute atomic E-state index is 0.503. The summed E-state index contributed by atoms with van der Waals surface area (Å²) in [5.74, 6) is 2.07. The Hall–Kier alpha value is -2.34. The summed E-state index contributed by atoms with van der Waals surface area (Å²) < 4.78 is 11.2. The first-order valence-corrected chi connectivity index (χ1v) is 10.5. The highest BCUT2D eigenvalue weighted by Gasteiger charge is 2.22. The first kappa shape index (κ1) is 22.9. The quantitative estimate of drug-likeness (QED) is 0.629. The van der Waals surface area contributed by atoms with E-state index >= 15 is 0 Å². The molecule has 1 aromatic heterocycles. The molecule has 0 spiro atoms. The van der Waals surface area contributed by atoms with Gasteiger partial charge in [0, 0.05) is 24.2 Å². The van der Waals surface area contributed by atoms with E-state index in [4.69, 9.17) is 19.4 Å². The zero-order chi connectivity index (χ0) is 21.6. The van der Waals surface area contributed by atoms with E-state index in [9.17, 15) is 5.11 Å². The second-order valence-corrected chi connectivity index (χ2v) is 7.07. The van der Waals surface area contributed by atoms with Gasteiger partial charge in [-0.05, 0) is 50.8 Å². The summed E-state index contributed by atoms with van der Waals surface area (Å²) >= 11 is 0. The molecule has 0 aliphatic rings. The van der Waals surface area contributed by atoms with E-state index in [1.807, 2.05) is 12.1 Å². The predicted octanol–water partition coefficient (Wildman–Crippen LogP) is 4.58. The van der Waals surface area contributed by atoms with E-state index in [0.717, 1.165) is 60.6 Å². The molecular formula is C23H35N3O3. The molecule has 0 aliphatic heterocycles. The minimum Gasteiger partial charge on any atom is -0.496 e. The molecular weight excluding hydrogens is 366 g/mol. The molecule has 2 rings (SSSR count). The Morgan fingerprint density at radius 1 is 1.03 bits per heavy atom. The monoisotopic (exact) mass is 401 g/mol. The molecule has 0 saturated carbocycles. The average Bonchev–Trinajstić information content (AvgIpc) is 2.75. The van der Waals surface area contributed by atoms with Crippen molar-refractivity contribution in [3.05, 3.63) is 29.0 Å². The van der Waals surface area contributed by atoms with Crippen molar-refractivity contribution in [3.8, 4) is 22.9 Å². The molecule has 29 heavy (non-hydrogen) atoms. The van der Waals surface area contributed by atoms with Gasteiger partial charge in [-0.3, -0.25) is 0 Å². The number of aromatic nitrogens is 2. The van der Waals surface area contributed by atoms with Gasteiger partial charge in [0.15, 0.2) is 5.82 Å². The number of hydrogen-bond acceptors (Lipinski definition) is 6. The molecule has 1 atom stereocenters. The molecule has 0 radical (unpaired) electrons. The fraction of sp³-hybridized carbons (Fsp3) is 0.565. The summed E-state index contributed by atoms with van der Waals surface area (Å²) in [4.78, 5) is 12.1. The van der Waals surface area contributed by atoms with Crippen LogP contribution < -0.4 is 14.4 Å². The van der Waals surface area contributed by atoms with Crippen molar-refractivity contribution >= 4 is 5.82 Å². The zero-order valence-electron chi connectivity index (χ0n) is 18.9. The summed E-state index contributed by atoms with van der Waals surface area (Å²) in [5.41, 5.74) is 4.39. The van der Waals surface area contributed by atoms with E-state index in [1.165, 1.54) is 0 Å². The molecule has 0 bridgehead atoms. The van der Waals surface area contributed by atoms with Gasteiger partial charge in [-0.2, -0.15) is 4.98 Å². The Labute approximate surface area is 174 Å². The van der Waals surface area contributed by atoms with Crippen molar-refractivity contribution in [2.75, 3.05) is 32.2 Å². The third-order valence-corrected chi connectivity index (χ3v) is 5.16. The number of ether oxygens (including phenoxy) is 2. The van der Waals surface area contributed by atoms with Gasteiger partial charge in [0.05, 0.1) is 26.0 Å². The highest BCUT2D eigenvalue weighted by molar-refractivity contribution is 5.72. The Morgan fingerprint density at radius 2 is 1.76 bits per heavy atom. The molecule has 6 nitrogen and oxygen atoms in total. The number of hydrogen-bond donors (Lipinski definition) is 1. The standard InChI is InChI=1S/C23H35N3O3/c1-8-12-26(11-4)22-19(10-3)24-21(23(25-22)29-7)18-14-17(15(5)27)20(28-6)13-16(18)9-2/h13-15,27H,8-12H2,1-7H3. The van der Waals surface area contributed by atoms with E-state index < -0.39 is 6.10 Å². The number of benzene rings is 1. The topological polar surface area (TPSA) is 67.7 Å². The maximum Gasteiger partial charge on any atom is 0.242 e. The largest absolute Gasteiger partial charge is 0.496 e.